The Balaban J connectivity index is 1.95. The average Bonchev–Trinajstić information content (AvgIpc) is 2.83. The lowest BCUT2D eigenvalue weighted by Crippen LogP contribution is -2.43. The summed E-state index contributed by atoms with van der Waals surface area (Å²) in [6, 6.07) is -0.620. The number of amides is 4. The van der Waals surface area contributed by atoms with Gasteiger partial charge in [-0.15, -0.1) is 0 Å². The van der Waals surface area contributed by atoms with Crippen LogP contribution >= 0.6 is 0 Å². The lowest BCUT2D eigenvalue weighted by molar-refractivity contribution is -0.130. The van der Waals surface area contributed by atoms with Crippen LogP contribution in [0.2, 0.25) is 0 Å². The van der Waals surface area contributed by atoms with Gasteiger partial charge in [0.2, 0.25) is 0 Å². The number of rotatable bonds is 3. The Morgan fingerprint density at radius 3 is 2.48 bits per heavy atom. The van der Waals surface area contributed by atoms with Gasteiger partial charge in [-0.2, -0.15) is 0 Å². The van der Waals surface area contributed by atoms with Crippen LogP contribution in [0.25, 0.3) is 0 Å². The molecule has 130 valence electrons. The first-order chi connectivity index (χ1) is 10.4. The number of urea groups is 1. The summed E-state index contributed by atoms with van der Waals surface area (Å²) < 4.78 is 5.26. The molecule has 2 fully saturated rings. The fraction of sp³-hybridized carbons (Fsp3) is 0.812. The van der Waals surface area contributed by atoms with Crippen LogP contribution in [0, 0.1) is 5.41 Å². The molecule has 1 unspecified atom stereocenters. The predicted molar refractivity (Wildman–Crippen MR) is 84.9 cm³/mol. The third-order valence-electron chi connectivity index (χ3n) is 4.39. The summed E-state index contributed by atoms with van der Waals surface area (Å²) in [6.07, 6.45) is 0.373. The first kappa shape index (κ1) is 17.6. The lowest BCUT2D eigenvalue weighted by Gasteiger charge is -2.26. The number of carbonyl (C=O) groups is 3. The van der Waals surface area contributed by atoms with Crippen molar-refractivity contribution in [1.82, 2.24) is 14.7 Å². The maximum absolute atomic E-state index is 12.6. The van der Waals surface area contributed by atoms with Crippen LogP contribution in [0.1, 0.15) is 41.0 Å². The highest BCUT2D eigenvalue weighted by Crippen LogP contribution is 2.40. The second-order valence-electron chi connectivity index (χ2n) is 8.01. The van der Waals surface area contributed by atoms with E-state index in [1.807, 2.05) is 13.8 Å². The number of hydrogen-bond acceptors (Lipinski definition) is 4. The number of nitrogens with zero attached hydrogens (tertiary/aromatic N) is 3. The second kappa shape index (κ2) is 5.69. The van der Waals surface area contributed by atoms with Crippen molar-refractivity contribution in [1.29, 1.82) is 0 Å². The van der Waals surface area contributed by atoms with Gasteiger partial charge in [0.25, 0.3) is 5.91 Å². The van der Waals surface area contributed by atoms with Gasteiger partial charge in [0.05, 0.1) is 0 Å². The Labute approximate surface area is 137 Å². The molecule has 4 amide bonds. The molecule has 2 aliphatic heterocycles. The standard InChI is InChI=1S/C16H27N3O4/c1-15(2,3)23-14(22)17(6)9-10-19-12(20)11-16(4,5)7-8-18(11)13(19)21/h11H,7-10H2,1-6H3. The van der Waals surface area contributed by atoms with Crippen molar-refractivity contribution in [2.75, 3.05) is 26.7 Å². The van der Waals surface area contributed by atoms with Crippen molar-refractivity contribution in [2.24, 2.45) is 5.41 Å². The molecule has 0 aromatic rings. The molecule has 0 bridgehead atoms. The number of fused-ring (bicyclic) bond motifs is 1. The molecule has 0 radical (unpaired) electrons. The van der Waals surface area contributed by atoms with E-state index in [1.165, 1.54) is 9.80 Å². The Bertz CT molecular complexity index is 524. The van der Waals surface area contributed by atoms with E-state index < -0.39 is 11.7 Å². The zero-order chi connectivity index (χ0) is 17.6. The Morgan fingerprint density at radius 2 is 1.96 bits per heavy atom. The van der Waals surface area contributed by atoms with Crippen LogP contribution in [-0.4, -0.2) is 71.1 Å². The van der Waals surface area contributed by atoms with Crippen molar-refractivity contribution in [3.8, 4) is 0 Å². The topological polar surface area (TPSA) is 70.2 Å². The predicted octanol–water partition coefficient (Wildman–Crippen LogP) is 1.92. The summed E-state index contributed by atoms with van der Waals surface area (Å²) in [6.45, 7) is 10.5. The molecule has 0 aliphatic carbocycles. The first-order valence-corrected chi connectivity index (χ1v) is 8.00. The molecular formula is C16H27N3O4. The van der Waals surface area contributed by atoms with Gasteiger partial charge in [-0.1, -0.05) is 13.8 Å². The van der Waals surface area contributed by atoms with Crippen LogP contribution in [0.15, 0.2) is 0 Å². The van der Waals surface area contributed by atoms with Gasteiger partial charge in [-0.05, 0) is 32.6 Å². The molecule has 0 aromatic carbocycles. The van der Waals surface area contributed by atoms with Gasteiger partial charge in [-0.25, -0.2) is 9.59 Å². The minimum atomic E-state index is -0.572. The molecule has 1 atom stereocenters. The molecule has 0 spiro atoms. The van der Waals surface area contributed by atoms with Gasteiger partial charge in [0.15, 0.2) is 0 Å². The summed E-state index contributed by atoms with van der Waals surface area (Å²) in [4.78, 5) is 41.2. The number of ether oxygens (including phenoxy) is 1. The fourth-order valence-electron chi connectivity index (χ4n) is 3.05. The van der Waals surface area contributed by atoms with E-state index in [1.54, 1.807) is 32.7 Å². The maximum Gasteiger partial charge on any atom is 0.410 e. The highest BCUT2D eigenvalue weighted by atomic mass is 16.6. The smallest absolute Gasteiger partial charge is 0.410 e. The normalized spacial score (nSPS) is 23.3. The van der Waals surface area contributed by atoms with Crippen molar-refractivity contribution >= 4 is 18.0 Å². The van der Waals surface area contributed by atoms with Crippen LogP contribution in [-0.2, 0) is 9.53 Å². The molecule has 2 saturated heterocycles. The lowest BCUT2D eigenvalue weighted by atomic mass is 9.84. The van der Waals surface area contributed by atoms with Gasteiger partial charge in [-0.3, -0.25) is 9.69 Å². The Morgan fingerprint density at radius 1 is 1.35 bits per heavy atom. The highest BCUT2D eigenvalue weighted by Gasteiger charge is 2.55. The summed E-state index contributed by atoms with van der Waals surface area (Å²) >= 11 is 0. The molecule has 2 rings (SSSR count). The Hall–Kier alpha value is -1.79. The van der Waals surface area contributed by atoms with E-state index in [-0.39, 0.29) is 36.5 Å². The maximum atomic E-state index is 12.6. The van der Waals surface area contributed by atoms with Crippen molar-refractivity contribution < 1.29 is 19.1 Å². The summed E-state index contributed by atoms with van der Waals surface area (Å²) in [5.41, 5.74) is -0.768. The third-order valence-corrected chi connectivity index (χ3v) is 4.39. The van der Waals surface area contributed by atoms with E-state index in [0.29, 0.717) is 6.54 Å². The minimum absolute atomic E-state index is 0.157. The first-order valence-electron chi connectivity index (χ1n) is 8.00. The summed E-state index contributed by atoms with van der Waals surface area (Å²) in [7, 11) is 1.60. The van der Waals surface area contributed by atoms with E-state index in [2.05, 4.69) is 0 Å². The molecule has 7 heteroatoms. The SMILES string of the molecule is CN(CCN1C(=O)C2N(CCC2(C)C)C1=O)C(=O)OC(C)(C)C. The fourth-order valence-corrected chi connectivity index (χ4v) is 3.05. The van der Waals surface area contributed by atoms with E-state index in [0.717, 1.165) is 6.42 Å². The molecule has 2 aliphatic rings. The van der Waals surface area contributed by atoms with Gasteiger partial charge >= 0.3 is 12.1 Å². The molecular weight excluding hydrogens is 298 g/mol. The minimum Gasteiger partial charge on any atom is -0.444 e. The summed E-state index contributed by atoms with van der Waals surface area (Å²) in [5, 5.41) is 0. The van der Waals surface area contributed by atoms with Crippen molar-refractivity contribution in [2.45, 2.75) is 52.7 Å². The van der Waals surface area contributed by atoms with Crippen LogP contribution in [0.3, 0.4) is 0 Å². The molecule has 23 heavy (non-hydrogen) atoms. The van der Waals surface area contributed by atoms with E-state index in [9.17, 15) is 14.4 Å². The van der Waals surface area contributed by atoms with Crippen molar-refractivity contribution in [3.63, 3.8) is 0 Å². The van der Waals surface area contributed by atoms with Crippen molar-refractivity contribution in [3.05, 3.63) is 0 Å². The zero-order valence-electron chi connectivity index (χ0n) is 14.9. The van der Waals surface area contributed by atoms with Gasteiger partial charge in [0, 0.05) is 26.7 Å². The quantitative estimate of drug-likeness (QED) is 0.743. The second-order valence-corrected chi connectivity index (χ2v) is 8.01. The van der Waals surface area contributed by atoms with Crippen LogP contribution in [0.4, 0.5) is 9.59 Å². The van der Waals surface area contributed by atoms with E-state index >= 15 is 0 Å². The van der Waals surface area contributed by atoms with Gasteiger partial charge < -0.3 is 14.5 Å². The third kappa shape index (κ3) is 3.43. The summed E-state index contributed by atoms with van der Waals surface area (Å²) in [5.74, 6) is -0.157. The molecule has 7 nitrogen and oxygen atoms in total. The van der Waals surface area contributed by atoms with Crippen LogP contribution < -0.4 is 0 Å². The molecule has 0 N–H and O–H groups in total. The Kier molecular flexibility index (Phi) is 4.34. The number of imide groups is 1. The van der Waals surface area contributed by atoms with Gasteiger partial charge in [0.1, 0.15) is 11.6 Å². The number of hydrogen-bond donors (Lipinski definition) is 0. The highest BCUT2D eigenvalue weighted by molar-refractivity contribution is 6.05. The number of likely N-dealkylation sites (N-methyl/N-ethyl adjacent to an activating group) is 1. The molecule has 0 saturated carbocycles. The zero-order valence-corrected chi connectivity index (χ0v) is 14.9. The molecule has 2 heterocycles. The monoisotopic (exact) mass is 325 g/mol. The largest absolute Gasteiger partial charge is 0.444 e. The average molecular weight is 325 g/mol. The van der Waals surface area contributed by atoms with E-state index in [4.69, 9.17) is 4.74 Å². The van der Waals surface area contributed by atoms with Crippen LogP contribution in [0.5, 0.6) is 0 Å². The molecule has 0 aromatic heterocycles. The number of carbonyl (C=O) groups excluding carboxylic acids is 3.